The highest BCUT2D eigenvalue weighted by Gasteiger charge is 2.52. The van der Waals surface area contributed by atoms with Crippen molar-refractivity contribution in [2.75, 3.05) is 0 Å². The molecule has 0 aromatic rings. The predicted molar refractivity (Wildman–Crippen MR) is 52.2 cm³/mol. The summed E-state index contributed by atoms with van der Waals surface area (Å²) >= 11 is 1.34. The lowest BCUT2D eigenvalue weighted by Crippen LogP contribution is -2.48. The van der Waals surface area contributed by atoms with E-state index in [-0.39, 0.29) is 0 Å². The van der Waals surface area contributed by atoms with Crippen molar-refractivity contribution in [3.05, 3.63) is 0 Å². The molecule has 0 unspecified atom stereocenters. The number of hydrogen-bond donors (Lipinski definition) is 1. The van der Waals surface area contributed by atoms with E-state index in [2.05, 4.69) is 4.33 Å². The highest BCUT2D eigenvalue weighted by molar-refractivity contribution is 7.96. The fourth-order valence-electron chi connectivity index (χ4n) is 4.21. The lowest BCUT2D eigenvalue weighted by atomic mass is 9.56. The van der Waals surface area contributed by atoms with Gasteiger partial charge in [-0.05, 0) is 56.3 Å². The van der Waals surface area contributed by atoms with Gasteiger partial charge in [0.1, 0.15) is 0 Å². The van der Waals surface area contributed by atoms with Crippen LogP contribution in [0.1, 0.15) is 38.5 Å². The summed E-state index contributed by atoms with van der Waals surface area (Å²) < 4.78 is 4.64. The van der Waals surface area contributed by atoms with E-state index in [1.54, 1.807) is 0 Å². The molecule has 74 valence electrons. The van der Waals surface area contributed by atoms with E-state index >= 15 is 0 Å². The maximum absolute atomic E-state index is 8.59. The zero-order chi connectivity index (χ0) is 8.89. The van der Waals surface area contributed by atoms with Crippen molar-refractivity contribution < 1.29 is 9.59 Å². The van der Waals surface area contributed by atoms with Crippen LogP contribution in [0.2, 0.25) is 0 Å². The number of hydrogen-bond acceptors (Lipinski definition) is 3. The Balaban J connectivity index is 1.83. The highest BCUT2D eigenvalue weighted by atomic mass is 32.2. The van der Waals surface area contributed by atoms with Crippen LogP contribution in [-0.4, -0.2) is 10.0 Å². The van der Waals surface area contributed by atoms with E-state index in [1.807, 2.05) is 0 Å². The standard InChI is InChI=1S/C10H16O2S/c11-12-13-10-4-7-1-8(5-10)3-9(2-7)6-10/h7-9,11H,1-6H2. The summed E-state index contributed by atoms with van der Waals surface area (Å²) in [4.78, 5) is 0. The molecule has 4 bridgehead atoms. The molecule has 0 aromatic carbocycles. The first-order valence-corrected chi connectivity index (χ1v) is 6.03. The van der Waals surface area contributed by atoms with Gasteiger partial charge in [-0.2, -0.15) is 4.33 Å². The summed E-state index contributed by atoms with van der Waals surface area (Å²) in [5, 5.41) is 8.59. The molecule has 0 spiro atoms. The second-order valence-electron chi connectivity index (χ2n) is 5.26. The summed E-state index contributed by atoms with van der Waals surface area (Å²) in [6.07, 6.45) is 8.19. The van der Waals surface area contributed by atoms with Gasteiger partial charge in [0, 0.05) is 16.8 Å². The molecule has 0 aromatic heterocycles. The molecule has 4 aliphatic carbocycles. The molecule has 3 heteroatoms. The molecule has 4 aliphatic rings. The second-order valence-corrected chi connectivity index (χ2v) is 6.44. The van der Waals surface area contributed by atoms with Gasteiger partial charge in [-0.25, -0.2) is 5.26 Å². The molecule has 0 amide bonds. The van der Waals surface area contributed by atoms with E-state index in [4.69, 9.17) is 5.26 Å². The lowest BCUT2D eigenvalue weighted by molar-refractivity contribution is -0.121. The Morgan fingerprint density at radius 2 is 1.46 bits per heavy atom. The van der Waals surface area contributed by atoms with Crippen LogP contribution >= 0.6 is 12.0 Å². The Bertz CT molecular complexity index is 182. The largest absolute Gasteiger partial charge is 0.239 e. The second kappa shape index (κ2) is 2.88. The normalized spacial score (nSPS) is 52.8. The molecule has 4 rings (SSSR count). The summed E-state index contributed by atoms with van der Waals surface area (Å²) in [6.45, 7) is 0. The zero-order valence-corrected chi connectivity index (χ0v) is 8.55. The average Bonchev–Trinajstić information content (AvgIpc) is 2.00. The van der Waals surface area contributed by atoms with Gasteiger partial charge in [-0.3, -0.25) is 0 Å². The van der Waals surface area contributed by atoms with Gasteiger partial charge in [-0.15, -0.1) is 0 Å². The molecular weight excluding hydrogens is 184 g/mol. The minimum Gasteiger partial charge on any atom is -0.239 e. The number of rotatable bonds is 2. The molecule has 0 heterocycles. The van der Waals surface area contributed by atoms with Crippen molar-refractivity contribution in [3.63, 3.8) is 0 Å². The van der Waals surface area contributed by atoms with E-state index in [0.29, 0.717) is 4.75 Å². The summed E-state index contributed by atoms with van der Waals surface area (Å²) in [7, 11) is 0. The third-order valence-corrected chi connectivity index (χ3v) is 5.12. The van der Waals surface area contributed by atoms with E-state index in [1.165, 1.54) is 50.6 Å². The van der Waals surface area contributed by atoms with Crippen LogP contribution < -0.4 is 0 Å². The molecule has 13 heavy (non-hydrogen) atoms. The molecule has 2 nitrogen and oxygen atoms in total. The molecule has 0 aliphatic heterocycles. The van der Waals surface area contributed by atoms with Gasteiger partial charge in [0.25, 0.3) is 0 Å². The Morgan fingerprint density at radius 3 is 1.85 bits per heavy atom. The van der Waals surface area contributed by atoms with Crippen LogP contribution in [0.15, 0.2) is 0 Å². The minimum absolute atomic E-state index is 0.295. The van der Waals surface area contributed by atoms with Gasteiger partial charge >= 0.3 is 0 Å². The van der Waals surface area contributed by atoms with E-state index in [9.17, 15) is 0 Å². The summed E-state index contributed by atoms with van der Waals surface area (Å²) in [5.74, 6) is 2.82. The third kappa shape index (κ3) is 1.32. The zero-order valence-electron chi connectivity index (χ0n) is 7.74. The van der Waals surface area contributed by atoms with Crippen molar-refractivity contribution in [2.45, 2.75) is 43.3 Å². The molecule has 0 radical (unpaired) electrons. The fraction of sp³-hybridized carbons (Fsp3) is 1.00. The Kier molecular flexibility index (Phi) is 1.90. The Labute approximate surface area is 83.2 Å². The first-order chi connectivity index (χ1) is 6.30. The van der Waals surface area contributed by atoms with Crippen LogP contribution in [0.25, 0.3) is 0 Å². The SMILES string of the molecule is OOSC12CC3CC(CC(C3)C1)C2. The van der Waals surface area contributed by atoms with E-state index in [0.717, 1.165) is 17.8 Å². The average molecular weight is 200 g/mol. The van der Waals surface area contributed by atoms with Crippen LogP contribution in [0, 0.1) is 17.8 Å². The van der Waals surface area contributed by atoms with Crippen molar-refractivity contribution in [3.8, 4) is 0 Å². The molecule has 4 saturated carbocycles. The molecule has 1 N–H and O–H groups in total. The van der Waals surface area contributed by atoms with Crippen LogP contribution in [-0.2, 0) is 4.33 Å². The first kappa shape index (κ1) is 8.57. The van der Waals surface area contributed by atoms with Gasteiger partial charge in [-0.1, -0.05) is 0 Å². The first-order valence-electron chi connectivity index (χ1n) is 5.29. The topological polar surface area (TPSA) is 29.5 Å². The molecule has 4 fully saturated rings. The highest BCUT2D eigenvalue weighted by Crippen LogP contribution is 2.60. The van der Waals surface area contributed by atoms with Crippen molar-refractivity contribution in [1.82, 2.24) is 0 Å². The Hall–Kier alpha value is 0.270. The maximum Gasteiger partial charge on any atom is 0.0462 e. The van der Waals surface area contributed by atoms with Gasteiger partial charge < -0.3 is 0 Å². The summed E-state index contributed by atoms with van der Waals surface area (Å²) in [5.41, 5.74) is 0. The predicted octanol–water partition coefficient (Wildman–Crippen LogP) is 3.09. The van der Waals surface area contributed by atoms with Crippen LogP contribution in [0.4, 0.5) is 0 Å². The van der Waals surface area contributed by atoms with Crippen molar-refractivity contribution in [2.24, 2.45) is 17.8 Å². The Morgan fingerprint density at radius 1 is 1.00 bits per heavy atom. The molecule has 0 saturated heterocycles. The minimum atomic E-state index is 0.295. The quantitative estimate of drug-likeness (QED) is 0.422. The van der Waals surface area contributed by atoms with E-state index < -0.39 is 0 Å². The van der Waals surface area contributed by atoms with Crippen molar-refractivity contribution in [1.29, 1.82) is 0 Å². The van der Waals surface area contributed by atoms with Crippen molar-refractivity contribution >= 4 is 12.0 Å². The monoisotopic (exact) mass is 200 g/mol. The van der Waals surface area contributed by atoms with Gasteiger partial charge in [0.2, 0.25) is 0 Å². The maximum atomic E-state index is 8.59. The molecule has 0 atom stereocenters. The summed E-state index contributed by atoms with van der Waals surface area (Å²) in [6, 6.07) is 0. The van der Waals surface area contributed by atoms with Gasteiger partial charge in [0.15, 0.2) is 0 Å². The van der Waals surface area contributed by atoms with Crippen LogP contribution in [0.5, 0.6) is 0 Å². The van der Waals surface area contributed by atoms with Crippen LogP contribution in [0.3, 0.4) is 0 Å². The lowest BCUT2D eigenvalue weighted by Gasteiger charge is -2.55. The third-order valence-electron chi connectivity index (χ3n) is 4.20. The molecular formula is C10H16O2S. The van der Waals surface area contributed by atoms with Gasteiger partial charge in [0.05, 0.1) is 0 Å². The fourth-order valence-corrected chi connectivity index (χ4v) is 5.28. The smallest absolute Gasteiger partial charge is 0.0462 e.